The van der Waals surface area contributed by atoms with Crippen molar-refractivity contribution in [3.63, 3.8) is 0 Å². The van der Waals surface area contributed by atoms with E-state index >= 15 is 8.78 Å². The normalized spacial score (nSPS) is 18.4. The van der Waals surface area contributed by atoms with Crippen LogP contribution in [0.1, 0.15) is 30.3 Å². The van der Waals surface area contributed by atoms with Gasteiger partial charge in [0.1, 0.15) is 40.4 Å². The van der Waals surface area contributed by atoms with E-state index in [1.807, 2.05) is 0 Å². The lowest BCUT2D eigenvalue weighted by Crippen LogP contribution is -2.28. The number of allylic oxidation sites excluding steroid dienone is 1. The van der Waals surface area contributed by atoms with Gasteiger partial charge in [-0.1, -0.05) is 49.8 Å². The zero-order valence-corrected chi connectivity index (χ0v) is 25.6. The van der Waals surface area contributed by atoms with E-state index in [-0.39, 0.29) is 48.0 Å². The van der Waals surface area contributed by atoms with Crippen molar-refractivity contribution in [2.45, 2.75) is 30.1 Å². The van der Waals surface area contributed by atoms with Gasteiger partial charge in [0.25, 0.3) is 0 Å². The first-order chi connectivity index (χ1) is 22.7. The van der Waals surface area contributed by atoms with Crippen LogP contribution in [0.4, 0.5) is 50.2 Å². The minimum atomic E-state index is -10.7. The minimum Gasteiger partial charge on any atom is -0.429 e. The third-order valence-electron chi connectivity index (χ3n) is 7.47. The Morgan fingerprint density at radius 1 is 0.714 bits per heavy atom. The van der Waals surface area contributed by atoms with Gasteiger partial charge in [-0.25, -0.2) is 22.0 Å². The van der Waals surface area contributed by atoms with Crippen molar-refractivity contribution in [1.82, 2.24) is 0 Å². The molecule has 0 aromatic heterocycles. The van der Waals surface area contributed by atoms with Gasteiger partial charge in [0.15, 0.2) is 11.2 Å². The molecule has 1 aliphatic rings. The number of rotatable bonds is 10. The molecule has 4 aromatic carbocycles. The number of benzene rings is 4. The molecule has 0 amide bonds. The van der Waals surface area contributed by atoms with Gasteiger partial charge < -0.3 is 14.2 Å². The first-order valence-electron chi connectivity index (χ1n) is 14.2. The SMILES string of the molecule is C=CCCC1COC(c2cc(F)c(C(F)(F)Oc3ccc(-c4ccc(-c5cc(F)c(S(F)(F)(F)(F)F)c(F)c5)c(F)c4)cc3)c(F)c2)OC1. The number of alkyl halides is 2. The Labute approximate surface area is 271 Å². The van der Waals surface area contributed by atoms with Crippen molar-refractivity contribution >= 4 is 10.2 Å². The highest BCUT2D eigenvalue weighted by Gasteiger charge is 2.69. The molecule has 49 heavy (non-hydrogen) atoms. The Balaban J connectivity index is 1.31. The smallest absolute Gasteiger partial charge is 0.429 e. The molecule has 0 N–H and O–H groups in total. The van der Waals surface area contributed by atoms with E-state index in [9.17, 15) is 41.4 Å². The Kier molecular flexibility index (Phi) is 9.08. The lowest BCUT2D eigenvalue weighted by atomic mass is 9.99. The summed E-state index contributed by atoms with van der Waals surface area (Å²) in [7, 11) is -10.7. The number of ether oxygens (including phenoxy) is 3. The van der Waals surface area contributed by atoms with Crippen molar-refractivity contribution < 1.29 is 64.4 Å². The molecule has 1 saturated heterocycles. The van der Waals surface area contributed by atoms with Crippen molar-refractivity contribution in [2.75, 3.05) is 13.2 Å². The maximum absolute atomic E-state index is 15.0. The van der Waals surface area contributed by atoms with E-state index in [4.69, 9.17) is 9.47 Å². The summed E-state index contributed by atoms with van der Waals surface area (Å²) < 4.78 is 183. The molecule has 5 rings (SSSR count). The largest absolute Gasteiger partial charge is 0.432 e. The van der Waals surface area contributed by atoms with Crippen LogP contribution in [-0.4, -0.2) is 13.2 Å². The molecule has 0 radical (unpaired) electrons. The summed E-state index contributed by atoms with van der Waals surface area (Å²) in [4.78, 5) is -3.35. The molecule has 0 aliphatic carbocycles. The summed E-state index contributed by atoms with van der Waals surface area (Å²) in [5.74, 6) is -10.3. The molecule has 0 saturated carbocycles. The van der Waals surface area contributed by atoms with E-state index in [0.29, 0.717) is 18.6 Å². The highest BCUT2D eigenvalue weighted by Crippen LogP contribution is 3.02. The van der Waals surface area contributed by atoms with Crippen LogP contribution in [0.25, 0.3) is 22.3 Å². The van der Waals surface area contributed by atoms with E-state index < -0.39 is 79.0 Å². The first kappa shape index (κ1) is 36.1. The lowest BCUT2D eigenvalue weighted by molar-refractivity contribution is -0.206. The van der Waals surface area contributed by atoms with Gasteiger partial charge in [-0.15, -0.1) is 6.58 Å². The number of halogens is 12. The number of hydrogen-bond donors (Lipinski definition) is 0. The molecule has 4 aromatic rings. The molecule has 0 unspecified atom stereocenters. The van der Waals surface area contributed by atoms with Gasteiger partial charge in [-0.05, 0) is 72.0 Å². The molecule has 1 heterocycles. The average molecular weight is 729 g/mol. The van der Waals surface area contributed by atoms with E-state index in [0.717, 1.165) is 48.9 Å². The van der Waals surface area contributed by atoms with Crippen molar-refractivity contribution in [3.05, 3.63) is 120 Å². The molecule has 0 bridgehead atoms. The van der Waals surface area contributed by atoms with Crippen LogP contribution in [0.15, 0.2) is 84.3 Å². The Hall–Kier alpha value is -4.15. The Bertz CT molecular complexity index is 1840. The van der Waals surface area contributed by atoms with E-state index in [1.54, 1.807) is 6.08 Å². The van der Waals surface area contributed by atoms with Gasteiger partial charge in [-0.2, -0.15) is 8.78 Å². The summed E-state index contributed by atoms with van der Waals surface area (Å²) in [6.45, 7) is 4.06. The van der Waals surface area contributed by atoms with Crippen LogP contribution in [0.2, 0.25) is 0 Å². The highest BCUT2D eigenvalue weighted by molar-refractivity contribution is 8.45. The molecule has 0 spiro atoms. The molecule has 16 heteroatoms. The zero-order chi connectivity index (χ0) is 36.0. The van der Waals surface area contributed by atoms with Crippen LogP contribution in [0.3, 0.4) is 0 Å². The van der Waals surface area contributed by atoms with Gasteiger partial charge in [0.2, 0.25) is 0 Å². The molecule has 1 aliphatic heterocycles. The predicted octanol–water partition coefficient (Wildman–Crippen LogP) is 12.1. The van der Waals surface area contributed by atoms with Crippen LogP contribution in [0, 0.1) is 35.0 Å². The lowest BCUT2D eigenvalue weighted by Gasteiger charge is -2.40. The van der Waals surface area contributed by atoms with E-state index in [2.05, 4.69) is 11.3 Å². The zero-order valence-electron chi connectivity index (χ0n) is 24.8. The Morgan fingerprint density at radius 3 is 1.76 bits per heavy atom. The molecular weight excluding hydrogens is 704 g/mol. The second kappa shape index (κ2) is 12.3. The minimum absolute atomic E-state index is 0.0246. The van der Waals surface area contributed by atoms with Gasteiger partial charge in [0, 0.05) is 17.0 Å². The Morgan fingerprint density at radius 2 is 1.24 bits per heavy atom. The fourth-order valence-electron chi connectivity index (χ4n) is 5.19. The van der Waals surface area contributed by atoms with Gasteiger partial charge in [-0.3, -0.25) is 0 Å². The van der Waals surface area contributed by atoms with E-state index in [1.165, 1.54) is 0 Å². The van der Waals surface area contributed by atoms with Crippen molar-refractivity contribution in [2.24, 2.45) is 5.92 Å². The van der Waals surface area contributed by atoms with Gasteiger partial charge >= 0.3 is 16.3 Å². The fourth-order valence-corrected chi connectivity index (χ4v) is 6.04. The maximum atomic E-state index is 15.0. The van der Waals surface area contributed by atoms with Crippen LogP contribution in [0.5, 0.6) is 5.75 Å². The monoisotopic (exact) mass is 728 g/mol. The van der Waals surface area contributed by atoms with Crippen molar-refractivity contribution in [1.29, 1.82) is 0 Å². The molecule has 264 valence electrons. The molecule has 1 fully saturated rings. The first-order valence-corrected chi connectivity index (χ1v) is 16.2. The topological polar surface area (TPSA) is 27.7 Å². The standard InChI is InChI=1S/C33H24F12O3S/c1-2-3-4-18-16-46-32(47-17-18)22-14-26(35)30(27(36)15-22)33(39,40)48-23-8-5-19(6-9-23)20-7-10-24(25(34)11-20)21-12-28(37)31(29(38)13-21)49(41,42,43,44)45/h2,5-15,18,32H,1,3-4,16-17H2. The molecular formula is C33H24F12O3S. The van der Waals surface area contributed by atoms with Crippen LogP contribution >= 0.6 is 10.2 Å². The second-order valence-corrected chi connectivity index (χ2v) is 13.5. The summed E-state index contributed by atoms with van der Waals surface area (Å²) >= 11 is 0. The molecule has 0 atom stereocenters. The third-order valence-corrected chi connectivity index (χ3v) is 8.63. The van der Waals surface area contributed by atoms with Gasteiger partial charge in [0.05, 0.1) is 13.2 Å². The molecule has 3 nitrogen and oxygen atoms in total. The average Bonchev–Trinajstić information content (AvgIpc) is 2.98. The quantitative estimate of drug-likeness (QED) is 0.120. The summed E-state index contributed by atoms with van der Waals surface area (Å²) in [6.07, 6.45) is -2.54. The van der Waals surface area contributed by atoms with Crippen molar-refractivity contribution in [3.8, 4) is 28.0 Å². The van der Waals surface area contributed by atoms with Crippen LogP contribution in [-0.2, 0) is 15.6 Å². The maximum Gasteiger partial charge on any atom is 0.432 e. The highest BCUT2D eigenvalue weighted by atomic mass is 32.5. The second-order valence-electron chi connectivity index (χ2n) is 11.2. The summed E-state index contributed by atoms with van der Waals surface area (Å²) in [5, 5.41) is 0. The summed E-state index contributed by atoms with van der Waals surface area (Å²) in [5.41, 5.74) is -3.10. The van der Waals surface area contributed by atoms with Crippen LogP contribution < -0.4 is 4.74 Å². The fraction of sp³-hybridized carbons (Fsp3) is 0.212. The predicted molar refractivity (Wildman–Crippen MR) is 157 cm³/mol. The summed E-state index contributed by atoms with van der Waals surface area (Å²) in [6, 6.07) is 8.19. The third kappa shape index (κ3) is 8.02. The number of hydrogen-bond acceptors (Lipinski definition) is 3.